The summed E-state index contributed by atoms with van der Waals surface area (Å²) in [4.78, 5) is 0. The minimum Gasteiger partial charge on any atom is -0.0912 e. The molecule has 0 spiro atoms. The van der Waals surface area contributed by atoms with Gasteiger partial charge in [-0.25, -0.2) is 0 Å². The van der Waals surface area contributed by atoms with Crippen LogP contribution >= 0.6 is 0 Å². The molecule has 0 N–H and O–H groups in total. The summed E-state index contributed by atoms with van der Waals surface area (Å²) in [6.07, 6.45) is 9.74. The topological polar surface area (TPSA) is 0 Å². The molecule has 4 rings (SSSR count). The molecular weight excluding hydrogens is 376 g/mol. The number of hydrogen-bond acceptors (Lipinski definition) is 0. The van der Waals surface area contributed by atoms with E-state index in [4.69, 9.17) is 6.58 Å². The molecule has 1 heteroatoms. The molecule has 0 atom stereocenters. The van der Waals surface area contributed by atoms with E-state index in [9.17, 15) is 0 Å². The Morgan fingerprint density at radius 2 is 1.63 bits per heavy atom. The minimum atomic E-state index is -1.81. The highest BCUT2D eigenvalue weighted by atomic mass is 28.3. The third kappa shape index (κ3) is 2.72. The van der Waals surface area contributed by atoms with Crippen LogP contribution in [-0.4, -0.2) is 8.07 Å². The molecule has 152 valence electrons. The van der Waals surface area contributed by atoms with Gasteiger partial charge in [-0.2, -0.15) is 0 Å². The second kappa shape index (κ2) is 7.25. The summed E-state index contributed by atoms with van der Waals surface area (Å²) in [6.45, 7) is 22.9. The molecule has 0 fully saturated rings. The lowest BCUT2D eigenvalue weighted by Crippen LogP contribution is -2.59. The van der Waals surface area contributed by atoms with Crippen molar-refractivity contribution in [2.24, 2.45) is 0 Å². The van der Waals surface area contributed by atoms with Crippen LogP contribution in [0.3, 0.4) is 0 Å². The fourth-order valence-electron chi connectivity index (χ4n) is 5.55. The first-order chi connectivity index (χ1) is 14.3. The van der Waals surface area contributed by atoms with Gasteiger partial charge in [0.25, 0.3) is 0 Å². The molecule has 2 aromatic carbocycles. The number of rotatable bonds is 2. The van der Waals surface area contributed by atoms with Crippen LogP contribution in [-0.2, 0) is 0 Å². The summed E-state index contributed by atoms with van der Waals surface area (Å²) in [7, 11) is -1.81. The first kappa shape index (κ1) is 20.6. The van der Waals surface area contributed by atoms with E-state index in [1.54, 1.807) is 0 Å². The Balaban J connectivity index is 2.18. The zero-order chi connectivity index (χ0) is 21.8. The molecule has 0 radical (unpaired) electrons. The molecule has 2 aromatic rings. The Bertz CT molecular complexity index is 1290. The quantitative estimate of drug-likeness (QED) is 0.596. The van der Waals surface area contributed by atoms with Crippen molar-refractivity contribution in [3.63, 3.8) is 0 Å². The number of hydrogen-bond donors (Lipinski definition) is 0. The second-order valence-corrected chi connectivity index (χ2v) is 13.4. The van der Waals surface area contributed by atoms with Crippen LogP contribution in [0.1, 0.15) is 38.3 Å². The zero-order valence-corrected chi connectivity index (χ0v) is 20.2. The van der Waals surface area contributed by atoms with Gasteiger partial charge in [-0.05, 0) is 99.5 Å². The largest absolute Gasteiger partial charge is 0.114 e. The normalized spacial score (nSPS) is 19.3. The minimum absolute atomic E-state index is 0.940. The molecule has 0 amide bonds. The van der Waals surface area contributed by atoms with Crippen LogP contribution in [0, 0.1) is 6.92 Å². The molecule has 1 aliphatic heterocycles. The van der Waals surface area contributed by atoms with E-state index in [1.807, 2.05) is 0 Å². The van der Waals surface area contributed by atoms with Crippen molar-refractivity contribution in [2.45, 2.75) is 47.2 Å². The molecule has 0 saturated heterocycles. The van der Waals surface area contributed by atoms with Gasteiger partial charge in [0, 0.05) is 0 Å². The lowest BCUT2D eigenvalue weighted by Gasteiger charge is -2.22. The first-order valence-electron chi connectivity index (χ1n) is 10.9. The van der Waals surface area contributed by atoms with E-state index < -0.39 is 8.07 Å². The van der Waals surface area contributed by atoms with Gasteiger partial charge >= 0.3 is 0 Å². The van der Waals surface area contributed by atoms with Crippen molar-refractivity contribution in [2.75, 3.05) is 0 Å². The van der Waals surface area contributed by atoms with E-state index >= 15 is 0 Å². The van der Waals surface area contributed by atoms with Gasteiger partial charge in [-0.3, -0.25) is 0 Å². The summed E-state index contributed by atoms with van der Waals surface area (Å²) in [5, 5.41) is 5.60. The van der Waals surface area contributed by atoms with Gasteiger partial charge in [0.2, 0.25) is 0 Å². The maximum atomic E-state index is 4.73. The third-order valence-corrected chi connectivity index (χ3v) is 10.6. The molecule has 0 unspecified atom stereocenters. The summed E-state index contributed by atoms with van der Waals surface area (Å²) in [5.41, 5.74) is 10.8. The van der Waals surface area contributed by atoms with Gasteiger partial charge in [-0.1, -0.05) is 74.8 Å². The molecular formula is C29H32Si. The van der Waals surface area contributed by atoms with Crippen LogP contribution in [0.15, 0.2) is 65.8 Å². The van der Waals surface area contributed by atoms with Crippen LogP contribution < -0.4 is 20.8 Å². The summed E-state index contributed by atoms with van der Waals surface area (Å²) in [5.74, 6) is 0. The monoisotopic (exact) mass is 408 g/mol. The van der Waals surface area contributed by atoms with Crippen LogP contribution in [0.2, 0.25) is 13.1 Å². The van der Waals surface area contributed by atoms with Crippen LogP contribution in [0.5, 0.6) is 0 Å². The van der Waals surface area contributed by atoms with Crippen molar-refractivity contribution in [3.05, 3.63) is 87.4 Å². The Labute approximate surface area is 182 Å². The maximum Gasteiger partial charge on any atom is 0.114 e. The van der Waals surface area contributed by atoms with Gasteiger partial charge in [0.05, 0.1) is 0 Å². The maximum absolute atomic E-state index is 4.73. The van der Waals surface area contributed by atoms with E-state index in [1.165, 1.54) is 65.4 Å². The fraction of sp³-hybridized carbons (Fsp3) is 0.241. The highest BCUT2D eigenvalue weighted by Gasteiger charge is 2.39. The Morgan fingerprint density at radius 1 is 0.967 bits per heavy atom. The Morgan fingerprint density at radius 3 is 2.30 bits per heavy atom. The van der Waals surface area contributed by atoms with E-state index in [-0.39, 0.29) is 0 Å². The van der Waals surface area contributed by atoms with Crippen molar-refractivity contribution < 1.29 is 0 Å². The smallest absolute Gasteiger partial charge is 0.0912 e. The molecule has 0 bridgehead atoms. The lowest BCUT2D eigenvalue weighted by molar-refractivity contribution is 1.30. The molecule has 30 heavy (non-hydrogen) atoms. The molecule has 0 saturated carbocycles. The summed E-state index contributed by atoms with van der Waals surface area (Å²) in [6, 6.07) is 9.01. The SMILES string of the molecule is C=C1C(C)=C(/C=C\C)C/C1=c1\c(/C=C\C)c(C)c2c(c1=C)[Si](C)(C)c1ccccc1-2. The fourth-order valence-corrected chi connectivity index (χ4v) is 9.04. The average molecular weight is 409 g/mol. The number of allylic oxidation sites excluding steroid dienone is 6. The molecule has 2 aliphatic rings. The zero-order valence-electron chi connectivity index (χ0n) is 19.2. The van der Waals surface area contributed by atoms with Gasteiger partial charge in [-0.15, -0.1) is 0 Å². The van der Waals surface area contributed by atoms with Crippen LogP contribution in [0.25, 0.3) is 29.4 Å². The molecule has 0 nitrogen and oxygen atoms in total. The van der Waals surface area contributed by atoms with E-state index in [0.29, 0.717) is 0 Å². The van der Waals surface area contributed by atoms with Crippen LogP contribution in [0.4, 0.5) is 0 Å². The molecule has 1 heterocycles. The van der Waals surface area contributed by atoms with Crippen molar-refractivity contribution in [1.82, 2.24) is 0 Å². The van der Waals surface area contributed by atoms with E-state index in [2.05, 4.69) is 95.9 Å². The van der Waals surface area contributed by atoms with Gasteiger partial charge in [0.15, 0.2) is 0 Å². The summed E-state index contributed by atoms with van der Waals surface area (Å²) >= 11 is 0. The lowest BCUT2D eigenvalue weighted by atomic mass is 9.90. The van der Waals surface area contributed by atoms with Gasteiger partial charge in [0.1, 0.15) is 8.07 Å². The highest BCUT2D eigenvalue weighted by Crippen LogP contribution is 2.37. The van der Waals surface area contributed by atoms with Crippen molar-refractivity contribution in [3.8, 4) is 11.1 Å². The predicted octanol–water partition coefficient (Wildman–Crippen LogP) is 5.24. The van der Waals surface area contributed by atoms with Gasteiger partial charge < -0.3 is 0 Å². The standard InChI is InChI=1S/C29H32Si/c1-9-13-22-17-25(19(4)18(22)3)27-21(6)29-28(20(5)23(27)14-10-2)24-15-11-12-16-26(24)30(29,7)8/h9-16H,4,6,17H2,1-3,5,7-8H3/b13-9-,14-10-,27-25+. The third-order valence-electron chi connectivity index (χ3n) is 7.07. The van der Waals surface area contributed by atoms with Crippen molar-refractivity contribution in [1.29, 1.82) is 0 Å². The molecule has 1 aliphatic carbocycles. The number of benzene rings is 2. The summed E-state index contributed by atoms with van der Waals surface area (Å²) < 4.78 is 0. The predicted molar refractivity (Wildman–Crippen MR) is 138 cm³/mol. The second-order valence-electron chi connectivity index (χ2n) is 9.10. The Hall–Kier alpha value is -2.64. The Kier molecular flexibility index (Phi) is 4.98. The first-order valence-corrected chi connectivity index (χ1v) is 13.9. The molecule has 0 aromatic heterocycles. The number of fused-ring (bicyclic) bond motifs is 3. The van der Waals surface area contributed by atoms with E-state index in [0.717, 1.165) is 6.42 Å². The van der Waals surface area contributed by atoms with Crippen molar-refractivity contribution >= 4 is 36.7 Å². The average Bonchev–Trinajstić information content (AvgIpc) is 3.12. The highest BCUT2D eigenvalue weighted by molar-refractivity contribution is 7.03.